The number of carbonyl (C=O) groups is 1. The molecule has 1 heterocycles. The molecule has 1 unspecified atom stereocenters. The van der Waals surface area contributed by atoms with Crippen molar-refractivity contribution >= 4 is 5.91 Å². The van der Waals surface area contributed by atoms with Crippen molar-refractivity contribution in [3.05, 3.63) is 35.9 Å². The highest BCUT2D eigenvalue weighted by Crippen LogP contribution is 2.35. The Labute approximate surface area is 116 Å². The van der Waals surface area contributed by atoms with Gasteiger partial charge in [-0.05, 0) is 12.5 Å². The van der Waals surface area contributed by atoms with E-state index in [0.717, 1.165) is 13.0 Å². The first-order valence-corrected chi connectivity index (χ1v) is 7.12. The van der Waals surface area contributed by atoms with Crippen molar-refractivity contribution in [1.29, 1.82) is 0 Å². The molecular weight excluding hydrogens is 236 g/mol. The third kappa shape index (κ3) is 2.66. The van der Waals surface area contributed by atoms with Gasteiger partial charge in [-0.2, -0.15) is 0 Å². The van der Waals surface area contributed by atoms with Gasteiger partial charge in [0, 0.05) is 19.3 Å². The molecule has 1 aromatic carbocycles. The fraction of sp³-hybridized carbons (Fsp3) is 0.562. The van der Waals surface area contributed by atoms with Crippen LogP contribution in [0.25, 0.3) is 0 Å². The summed E-state index contributed by atoms with van der Waals surface area (Å²) >= 11 is 0. The average Bonchev–Trinajstić information content (AvgIpc) is 2.36. The van der Waals surface area contributed by atoms with Gasteiger partial charge in [-0.3, -0.25) is 4.79 Å². The van der Waals surface area contributed by atoms with Gasteiger partial charge < -0.3 is 10.2 Å². The van der Waals surface area contributed by atoms with E-state index in [-0.39, 0.29) is 11.4 Å². The Balaban J connectivity index is 2.43. The zero-order valence-corrected chi connectivity index (χ0v) is 12.4. The number of piperidine rings is 1. The molecule has 0 saturated carbocycles. The Hall–Kier alpha value is -1.35. The third-order valence-corrected chi connectivity index (χ3v) is 4.63. The predicted octanol–water partition coefficient (Wildman–Crippen LogP) is 0.961. The van der Waals surface area contributed by atoms with E-state index in [2.05, 4.69) is 50.5 Å². The van der Waals surface area contributed by atoms with E-state index in [1.807, 2.05) is 6.07 Å². The van der Waals surface area contributed by atoms with Crippen LogP contribution in [0.3, 0.4) is 0 Å². The Morgan fingerprint density at radius 3 is 2.53 bits per heavy atom. The quantitative estimate of drug-likeness (QED) is 0.817. The molecule has 1 amide bonds. The van der Waals surface area contributed by atoms with Crippen LogP contribution in [0, 0.1) is 5.92 Å². The predicted molar refractivity (Wildman–Crippen MR) is 76.9 cm³/mol. The van der Waals surface area contributed by atoms with Gasteiger partial charge in [-0.1, -0.05) is 37.3 Å². The molecule has 4 atom stereocenters. The second-order valence-electron chi connectivity index (χ2n) is 6.08. The molecule has 2 N–H and O–H groups in total. The third-order valence-electron chi connectivity index (χ3n) is 4.63. The molecule has 1 aromatic rings. The molecule has 0 aromatic heterocycles. The van der Waals surface area contributed by atoms with Crippen LogP contribution in [-0.4, -0.2) is 25.5 Å². The van der Waals surface area contributed by atoms with Crippen LogP contribution in [-0.2, 0) is 10.3 Å². The van der Waals surface area contributed by atoms with Crippen LogP contribution < -0.4 is 10.2 Å². The monoisotopic (exact) mass is 261 g/mol. The molecule has 1 aliphatic rings. The fourth-order valence-corrected chi connectivity index (χ4v) is 3.42. The Morgan fingerprint density at radius 2 is 1.95 bits per heavy atom. The van der Waals surface area contributed by atoms with Crippen molar-refractivity contribution in [1.82, 2.24) is 5.32 Å². The maximum atomic E-state index is 11.7. The van der Waals surface area contributed by atoms with E-state index in [9.17, 15) is 4.79 Å². The first-order chi connectivity index (χ1) is 8.95. The van der Waals surface area contributed by atoms with Crippen molar-refractivity contribution in [3.63, 3.8) is 0 Å². The van der Waals surface area contributed by atoms with Crippen molar-refractivity contribution in [3.8, 4) is 0 Å². The van der Waals surface area contributed by atoms with Crippen LogP contribution in [0.4, 0.5) is 0 Å². The smallest absolute Gasteiger partial charge is 0.217 e. The number of hydrogen-bond donors (Lipinski definition) is 2. The Kier molecular flexibility index (Phi) is 3.95. The van der Waals surface area contributed by atoms with Crippen molar-refractivity contribution in [2.75, 3.05) is 13.6 Å². The maximum absolute atomic E-state index is 11.7. The summed E-state index contributed by atoms with van der Waals surface area (Å²) in [5.74, 6) is 0.484. The molecule has 2 rings (SSSR count). The van der Waals surface area contributed by atoms with Crippen LogP contribution in [0.2, 0.25) is 0 Å². The summed E-state index contributed by atoms with van der Waals surface area (Å²) in [4.78, 5) is 13.3. The highest BCUT2D eigenvalue weighted by Gasteiger charge is 2.46. The number of carbonyl (C=O) groups excluding carboxylic acids is 1. The summed E-state index contributed by atoms with van der Waals surface area (Å²) in [6, 6.07) is 11.0. The van der Waals surface area contributed by atoms with Crippen LogP contribution in [0.5, 0.6) is 0 Å². The van der Waals surface area contributed by atoms with Crippen LogP contribution in [0.15, 0.2) is 30.3 Å². The van der Waals surface area contributed by atoms with E-state index in [0.29, 0.717) is 12.0 Å². The molecular formula is C16H25N2O+. The van der Waals surface area contributed by atoms with Crippen molar-refractivity contribution in [2.45, 2.75) is 38.8 Å². The van der Waals surface area contributed by atoms with Gasteiger partial charge in [-0.15, -0.1) is 0 Å². The van der Waals surface area contributed by atoms with Gasteiger partial charge in [0.15, 0.2) is 0 Å². The summed E-state index contributed by atoms with van der Waals surface area (Å²) in [5.41, 5.74) is 1.02. The molecule has 1 fully saturated rings. The summed E-state index contributed by atoms with van der Waals surface area (Å²) < 4.78 is 0. The molecule has 3 heteroatoms. The standard InChI is InChI=1S/C16H24N2O/c1-12-11-18(4)13(2)10-16(12,17-14(3)19)15-8-6-5-7-9-15/h5-9,12-13H,10-11H2,1-4H3,(H,17,19)/p+1/t12-,13-,16+/m1/s1. The zero-order chi connectivity index (χ0) is 14.0. The molecule has 0 bridgehead atoms. The topological polar surface area (TPSA) is 33.5 Å². The number of hydrogen-bond acceptors (Lipinski definition) is 1. The molecule has 19 heavy (non-hydrogen) atoms. The first-order valence-electron chi connectivity index (χ1n) is 7.12. The Morgan fingerprint density at radius 1 is 1.32 bits per heavy atom. The number of nitrogens with one attached hydrogen (secondary N) is 2. The van der Waals surface area contributed by atoms with E-state index >= 15 is 0 Å². The van der Waals surface area contributed by atoms with Crippen molar-refractivity contribution < 1.29 is 9.69 Å². The first kappa shape index (κ1) is 14.1. The second-order valence-corrected chi connectivity index (χ2v) is 6.08. The van der Waals surface area contributed by atoms with Crippen molar-refractivity contribution in [2.24, 2.45) is 5.92 Å². The zero-order valence-electron chi connectivity index (χ0n) is 12.4. The number of amides is 1. The minimum Gasteiger partial charge on any atom is -0.346 e. The van der Waals surface area contributed by atoms with E-state index in [1.165, 1.54) is 5.56 Å². The number of likely N-dealkylation sites (tertiary alicyclic amines) is 1. The maximum Gasteiger partial charge on any atom is 0.217 e. The molecule has 3 nitrogen and oxygen atoms in total. The summed E-state index contributed by atoms with van der Waals surface area (Å²) in [6.07, 6.45) is 0.990. The Bertz CT molecular complexity index is 445. The van der Waals surface area contributed by atoms with Gasteiger partial charge in [0.2, 0.25) is 5.91 Å². The van der Waals surface area contributed by atoms with Gasteiger partial charge in [0.25, 0.3) is 0 Å². The average molecular weight is 261 g/mol. The normalized spacial score (nSPS) is 34.8. The summed E-state index contributed by atoms with van der Waals surface area (Å²) in [5, 5.41) is 3.26. The number of rotatable bonds is 2. The molecule has 0 radical (unpaired) electrons. The van der Waals surface area contributed by atoms with E-state index in [1.54, 1.807) is 11.8 Å². The van der Waals surface area contributed by atoms with Gasteiger partial charge in [-0.25, -0.2) is 0 Å². The minimum absolute atomic E-state index is 0.0578. The van der Waals surface area contributed by atoms with E-state index in [4.69, 9.17) is 0 Å². The van der Waals surface area contributed by atoms with Gasteiger partial charge >= 0.3 is 0 Å². The lowest BCUT2D eigenvalue weighted by molar-refractivity contribution is -0.915. The molecule has 1 saturated heterocycles. The number of quaternary nitrogens is 1. The highest BCUT2D eigenvalue weighted by atomic mass is 16.1. The van der Waals surface area contributed by atoms with Gasteiger partial charge in [0.05, 0.1) is 25.2 Å². The minimum atomic E-state index is -0.216. The lowest BCUT2D eigenvalue weighted by Crippen LogP contribution is -3.15. The number of benzene rings is 1. The summed E-state index contributed by atoms with van der Waals surface area (Å²) in [6.45, 7) is 7.21. The fourth-order valence-electron chi connectivity index (χ4n) is 3.42. The lowest BCUT2D eigenvalue weighted by Gasteiger charge is -2.47. The lowest BCUT2D eigenvalue weighted by atomic mass is 9.71. The van der Waals surface area contributed by atoms with Crippen LogP contribution in [0.1, 0.15) is 32.8 Å². The van der Waals surface area contributed by atoms with Gasteiger partial charge in [0.1, 0.15) is 0 Å². The molecule has 0 aliphatic carbocycles. The molecule has 0 spiro atoms. The highest BCUT2D eigenvalue weighted by molar-refractivity contribution is 5.74. The largest absolute Gasteiger partial charge is 0.346 e. The van der Waals surface area contributed by atoms with Crippen LogP contribution >= 0.6 is 0 Å². The van der Waals surface area contributed by atoms with E-state index < -0.39 is 0 Å². The molecule has 1 aliphatic heterocycles. The second kappa shape index (κ2) is 5.33. The SMILES string of the molecule is CC(=O)N[C@@]1(c2ccccc2)C[C@@H](C)[NH+](C)C[C@H]1C. The molecule has 104 valence electrons. The summed E-state index contributed by atoms with van der Waals surface area (Å²) in [7, 11) is 2.24.